The van der Waals surface area contributed by atoms with E-state index in [0.29, 0.717) is 4.83 Å². The van der Waals surface area contributed by atoms with E-state index in [1.165, 1.54) is 5.51 Å². The van der Waals surface area contributed by atoms with E-state index in [2.05, 4.69) is 14.7 Å². The molecule has 0 aliphatic carbocycles. The number of H-pyrrole nitrogens is 1. The molecular formula is C12H17N2NaO4S. The fourth-order valence-electron chi connectivity index (χ4n) is 1.17. The summed E-state index contributed by atoms with van der Waals surface area (Å²) in [7, 11) is 1.10. The molecule has 2 aromatic rings. The first-order valence-electron chi connectivity index (χ1n) is 5.90. The number of thiazole rings is 1. The number of hydrogen-bond acceptors (Lipinski definition) is 6. The van der Waals surface area contributed by atoms with E-state index >= 15 is 0 Å². The van der Waals surface area contributed by atoms with Crippen LogP contribution in [0.2, 0.25) is 0 Å². The second-order valence-electron chi connectivity index (χ2n) is 2.68. The molecule has 0 saturated carbocycles. The zero-order chi connectivity index (χ0) is 15.0. The minimum absolute atomic E-state index is 0. The van der Waals surface area contributed by atoms with Gasteiger partial charge in [-0.2, -0.15) is 0 Å². The SMILES string of the molecule is CC.CC.COC(=O)c1c([O-])c2ncsc2[nH]c1=O.[Na+]. The number of esters is 1. The molecule has 8 heteroatoms. The van der Waals surface area contributed by atoms with Gasteiger partial charge in [0.2, 0.25) is 0 Å². The van der Waals surface area contributed by atoms with E-state index in [4.69, 9.17) is 0 Å². The summed E-state index contributed by atoms with van der Waals surface area (Å²) in [6, 6.07) is 0. The van der Waals surface area contributed by atoms with Crippen LogP contribution >= 0.6 is 11.3 Å². The summed E-state index contributed by atoms with van der Waals surface area (Å²) in [6.45, 7) is 8.00. The molecule has 2 rings (SSSR count). The number of aromatic amines is 1. The van der Waals surface area contributed by atoms with Crippen molar-refractivity contribution < 1.29 is 44.2 Å². The van der Waals surface area contributed by atoms with Crippen LogP contribution in [0.3, 0.4) is 0 Å². The van der Waals surface area contributed by atoms with Crippen LogP contribution in [-0.2, 0) is 4.74 Å². The molecule has 6 nitrogen and oxygen atoms in total. The van der Waals surface area contributed by atoms with E-state index in [0.717, 1.165) is 18.4 Å². The van der Waals surface area contributed by atoms with Crippen molar-refractivity contribution >= 4 is 27.7 Å². The van der Waals surface area contributed by atoms with Crippen molar-refractivity contribution in [3.63, 3.8) is 0 Å². The molecule has 0 amide bonds. The number of ether oxygens (including phenoxy) is 1. The van der Waals surface area contributed by atoms with Crippen LogP contribution in [0.25, 0.3) is 10.3 Å². The van der Waals surface area contributed by atoms with Crippen molar-refractivity contribution in [2.45, 2.75) is 27.7 Å². The first-order chi connectivity index (χ1) is 9.15. The number of rotatable bonds is 1. The topological polar surface area (TPSA) is 95.1 Å². The van der Waals surface area contributed by atoms with Crippen molar-refractivity contribution in [1.82, 2.24) is 9.97 Å². The Hall–Kier alpha value is -0.890. The Morgan fingerprint density at radius 1 is 1.35 bits per heavy atom. The standard InChI is InChI=1S/C8H6N2O4S.2C2H6.Na/c1-14-8(13)3-5(11)4-7(10-6(3)12)15-2-9-4;2*1-2;/h2H,1H3,(H2,10,11,12);2*1-2H3;/q;;;+1/p-1. The van der Waals surface area contributed by atoms with Crippen LogP contribution in [0.5, 0.6) is 5.75 Å². The van der Waals surface area contributed by atoms with Crippen LogP contribution in [0.15, 0.2) is 10.3 Å². The number of nitrogens with one attached hydrogen (secondary N) is 1. The van der Waals surface area contributed by atoms with Gasteiger partial charge in [0.15, 0.2) is 0 Å². The Labute approximate surface area is 143 Å². The van der Waals surface area contributed by atoms with Crippen molar-refractivity contribution in [2.75, 3.05) is 7.11 Å². The summed E-state index contributed by atoms with van der Waals surface area (Å²) < 4.78 is 4.34. The van der Waals surface area contributed by atoms with Crippen LogP contribution in [0, 0.1) is 0 Å². The normalized spacial score (nSPS) is 8.45. The average molecular weight is 308 g/mol. The summed E-state index contributed by atoms with van der Waals surface area (Å²) in [5, 5.41) is 11.6. The largest absolute Gasteiger partial charge is 1.00 e. The summed E-state index contributed by atoms with van der Waals surface area (Å²) >= 11 is 1.12. The minimum atomic E-state index is -0.948. The number of pyridine rings is 1. The fourth-order valence-corrected chi connectivity index (χ4v) is 1.84. The summed E-state index contributed by atoms with van der Waals surface area (Å²) in [5.41, 5.74) is 0.225. The van der Waals surface area contributed by atoms with Crippen LogP contribution in [0.1, 0.15) is 38.1 Å². The first-order valence-corrected chi connectivity index (χ1v) is 6.78. The molecule has 106 valence electrons. The Bertz CT molecular complexity index is 595. The minimum Gasteiger partial charge on any atom is -0.870 e. The molecule has 0 atom stereocenters. The molecule has 2 aromatic heterocycles. The second kappa shape index (κ2) is 10.8. The number of fused-ring (bicyclic) bond motifs is 1. The zero-order valence-electron chi connectivity index (χ0n) is 12.6. The quantitative estimate of drug-likeness (QED) is 0.533. The molecule has 1 N–H and O–H groups in total. The number of nitrogens with zero attached hydrogens (tertiary/aromatic N) is 1. The van der Waals surface area contributed by atoms with Gasteiger partial charge in [-0.05, 0) is 0 Å². The average Bonchev–Trinajstić information content (AvgIpc) is 2.91. The predicted molar refractivity (Wildman–Crippen MR) is 73.7 cm³/mol. The monoisotopic (exact) mass is 308 g/mol. The number of carbonyl (C=O) groups is 1. The molecule has 20 heavy (non-hydrogen) atoms. The Morgan fingerprint density at radius 3 is 2.40 bits per heavy atom. The number of carbonyl (C=O) groups excluding carboxylic acids is 1. The van der Waals surface area contributed by atoms with Gasteiger partial charge < -0.3 is 14.8 Å². The van der Waals surface area contributed by atoms with E-state index < -0.39 is 22.8 Å². The van der Waals surface area contributed by atoms with Gasteiger partial charge in [0.25, 0.3) is 5.56 Å². The molecule has 0 aromatic carbocycles. The Balaban J connectivity index is 0. The predicted octanol–water partition coefficient (Wildman–Crippen LogP) is -1.10. The maximum atomic E-state index is 11.6. The van der Waals surface area contributed by atoms with Crippen LogP contribution in [-0.4, -0.2) is 23.0 Å². The molecule has 0 aliphatic rings. The number of aromatic nitrogens is 2. The smallest absolute Gasteiger partial charge is 0.870 e. The van der Waals surface area contributed by atoms with Crippen molar-refractivity contribution in [3.8, 4) is 5.75 Å². The Morgan fingerprint density at radius 2 is 1.90 bits per heavy atom. The van der Waals surface area contributed by atoms with E-state index in [9.17, 15) is 14.7 Å². The van der Waals surface area contributed by atoms with Gasteiger partial charge in [0.05, 0.1) is 18.1 Å². The zero-order valence-corrected chi connectivity index (χ0v) is 15.4. The van der Waals surface area contributed by atoms with E-state index in [-0.39, 0.29) is 35.1 Å². The van der Waals surface area contributed by atoms with Crippen molar-refractivity contribution in [2.24, 2.45) is 0 Å². The summed E-state index contributed by atoms with van der Waals surface area (Å²) in [6.07, 6.45) is 0. The molecule has 0 fully saturated rings. The summed E-state index contributed by atoms with van der Waals surface area (Å²) in [5.74, 6) is -1.64. The van der Waals surface area contributed by atoms with Gasteiger partial charge >= 0.3 is 35.5 Å². The van der Waals surface area contributed by atoms with Crippen molar-refractivity contribution in [1.29, 1.82) is 0 Å². The number of methoxy groups -OCH3 is 1. The fraction of sp³-hybridized carbons (Fsp3) is 0.417. The molecular weight excluding hydrogens is 291 g/mol. The number of hydrogen-bond donors (Lipinski definition) is 1. The van der Waals surface area contributed by atoms with Gasteiger partial charge in [-0.3, -0.25) is 4.79 Å². The third-order valence-corrected chi connectivity index (χ3v) is 2.60. The molecule has 2 heterocycles. The van der Waals surface area contributed by atoms with Crippen LogP contribution < -0.4 is 40.2 Å². The van der Waals surface area contributed by atoms with Gasteiger partial charge in [-0.1, -0.05) is 33.4 Å². The first kappa shape index (κ1) is 21.4. The van der Waals surface area contributed by atoms with Crippen molar-refractivity contribution in [3.05, 3.63) is 21.4 Å². The second-order valence-corrected chi connectivity index (χ2v) is 3.53. The van der Waals surface area contributed by atoms with Crippen LogP contribution in [0.4, 0.5) is 0 Å². The molecule has 0 spiro atoms. The molecule has 0 radical (unpaired) electrons. The van der Waals surface area contributed by atoms with E-state index in [1.807, 2.05) is 27.7 Å². The Kier molecular flexibility index (Phi) is 11.6. The third kappa shape index (κ3) is 4.59. The molecule has 0 saturated heterocycles. The summed E-state index contributed by atoms with van der Waals surface area (Å²) in [4.78, 5) is 29.0. The van der Waals surface area contributed by atoms with Gasteiger partial charge in [0.1, 0.15) is 10.4 Å². The maximum Gasteiger partial charge on any atom is 1.00 e. The maximum absolute atomic E-state index is 11.6. The molecule has 0 bridgehead atoms. The molecule has 0 unspecified atom stereocenters. The molecule has 0 aliphatic heterocycles. The van der Waals surface area contributed by atoms with Gasteiger partial charge in [-0.15, -0.1) is 11.3 Å². The van der Waals surface area contributed by atoms with E-state index in [1.54, 1.807) is 0 Å². The van der Waals surface area contributed by atoms with Gasteiger partial charge in [0, 0.05) is 0 Å². The third-order valence-electron chi connectivity index (χ3n) is 1.85. The van der Waals surface area contributed by atoms with Gasteiger partial charge in [-0.25, -0.2) is 9.78 Å².